The maximum Gasteiger partial charge on any atom is 0.287 e. The number of hydrogen-bond donors (Lipinski definition) is 1. The van der Waals surface area contributed by atoms with Crippen molar-refractivity contribution in [1.29, 1.82) is 0 Å². The number of halogens is 2. The van der Waals surface area contributed by atoms with Gasteiger partial charge in [0, 0.05) is 18.2 Å². The largest absolute Gasteiger partial charge is 0.455 e. The molecule has 0 atom stereocenters. The van der Waals surface area contributed by atoms with Gasteiger partial charge < -0.3 is 10.1 Å². The molecule has 2 rings (SSSR count). The van der Waals surface area contributed by atoms with Gasteiger partial charge in [-0.15, -0.1) is 0 Å². The zero-order valence-electron chi connectivity index (χ0n) is 11.1. The lowest BCUT2D eigenvalue weighted by atomic mass is 10.2. The lowest BCUT2D eigenvalue weighted by Gasteiger charge is -2.12. The average molecular weight is 355 g/mol. The molecule has 0 heterocycles. The molecule has 110 valence electrons. The first-order valence-corrected chi connectivity index (χ1v) is 6.86. The van der Waals surface area contributed by atoms with Gasteiger partial charge in [-0.1, -0.05) is 12.1 Å². The summed E-state index contributed by atoms with van der Waals surface area (Å²) in [6, 6.07) is 8.91. The van der Waals surface area contributed by atoms with Gasteiger partial charge in [0.2, 0.25) is 0 Å². The van der Waals surface area contributed by atoms with Crippen molar-refractivity contribution in [2.24, 2.45) is 0 Å². The Hall–Kier alpha value is -1.99. The number of ether oxygens (including phenoxy) is 1. The third kappa shape index (κ3) is 3.37. The van der Waals surface area contributed by atoms with Crippen LogP contribution >= 0.6 is 15.9 Å². The highest BCUT2D eigenvalue weighted by molar-refractivity contribution is 9.10. The van der Waals surface area contributed by atoms with E-state index in [4.69, 9.17) is 4.74 Å². The summed E-state index contributed by atoms with van der Waals surface area (Å²) >= 11 is 3.15. The van der Waals surface area contributed by atoms with E-state index in [-0.39, 0.29) is 22.5 Å². The molecule has 0 bridgehead atoms. The fourth-order valence-corrected chi connectivity index (χ4v) is 2.31. The molecular weight excluding hydrogens is 343 g/mol. The number of nitrogens with one attached hydrogen (secondary N) is 1. The quantitative estimate of drug-likeness (QED) is 0.650. The Morgan fingerprint density at radius 1 is 1.29 bits per heavy atom. The minimum absolute atomic E-state index is 0.112. The van der Waals surface area contributed by atoms with Gasteiger partial charge in [0.1, 0.15) is 21.8 Å². The molecule has 0 unspecified atom stereocenters. The van der Waals surface area contributed by atoms with Gasteiger partial charge in [-0.25, -0.2) is 4.39 Å². The zero-order chi connectivity index (χ0) is 15.4. The summed E-state index contributed by atoms with van der Waals surface area (Å²) in [5.74, 6) is 0.168. The molecule has 0 aromatic heterocycles. The zero-order valence-corrected chi connectivity index (χ0v) is 12.7. The van der Waals surface area contributed by atoms with Crippen LogP contribution in [0.15, 0.2) is 40.9 Å². The number of hydrogen-bond acceptors (Lipinski definition) is 4. The third-order valence-electron chi connectivity index (χ3n) is 2.79. The highest BCUT2D eigenvalue weighted by atomic mass is 79.9. The fraction of sp³-hybridized carbons (Fsp3) is 0.143. The van der Waals surface area contributed by atoms with Crippen LogP contribution in [0.25, 0.3) is 0 Å². The molecule has 0 aliphatic carbocycles. The standard InChI is InChI=1S/C14H12BrFN2O3/c1-17-8-9-10(16)4-2-6-12(9)21-13-7-3-5-11(14(13)15)18(19)20/h2-7,17H,8H2,1H3. The van der Waals surface area contributed by atoms with Gasteiger partial charge >= 0.3 is 0 Å². The molecule has 0 saturated heterocycles. The Kier molecular flexibility index (Phi) is 4.87. The Morgan fingerprint density at radius 3 is 2.62 bits per heavy atom. The summed E-state index contributed by atoms with van der Waals surface area (Å²) < 4.78 is 19.7. The van der Waals surface area contributed by atoms with E-state index in [9.17, 15) is 14.5 Å². The van der Waals surface area contributed by atoms with Crippen molar-refractivity contribution in [3.8, 4) is 11.5 Å². The molecule has 0 spiro atoms. The number of rotatable bonds is 5. The fourth-order valence-electron chi connectivity index (χ4n) is 1.82. The van der Waals surface area contributed by atoms with Crippen molar-refractivity contribution in [3.63, 3.8) is 0 Å². The molecule has 0 saturated carbocycles. The number of nitrogens with zero attached hydrogens (tertiary/aromatic N) is 1. The van der Waals surface area contributed by atoms with Crippen molar-refractivity contribution in [2.75, 3.05) is 7.05 Å². The minimum atomic E-state index is -0.517. The second-order valence-corrected chi connectivity index (χ2v) is 4.99. The molecule has 5 nitrogen and oxygen atoms in total. The van der Waals surface area contributed by atoms with Crippen LogP contribution in [0.4, 0.5) is 10.1 Å². The summed E-state index contributed by atoms with van der Waals surface area (Å²) in [5.41, 5.74) is 0.248. The van der Waals surface area contributed by atoms with Gasteiger partial charge in [-0.05, 0) is 41.2 Å². The number of nitro groups is 1. The van der Waals surface area contributed by atoms with Crippen molar-refractivity contribution < 1.29 is 14.1 Å². The SMILES string of the molecule is CNCc1c(F)cccc1Oc1cccc([N+](=O)[O-])c1Br. The van der Waals surface area contributed by atoms with E-state index in [0.717, 1.165) is 0 Å². The minimum Gasteiger partial charge on any atom is -0.455 e. The van der Waals surface area contributed by atoms with E-state index >= 15 is 0 Å². The monoisotopic (exact) mass is 354 g/mol. The number of nitro benzene ring substituents is 1. The molecule has 0 amide bonds. The Morgan fingerprint density at radius 2 is 1.95 bits per heavy atom. The normalized spacial score (nSPS) is 10.4. The first-order valence-electron chi connectivity index (χ1n) is 6.07. The lowest BCUT2D eigenvalue weighted by Crippen LogP contribution is -2.08. The Labute approximate surface area is 129 Å². The van der Waals surface area contributed by atoms with Crippen molar-refractivity contribution in [1.82, 2.24) is 5.32 Å². The van der Waals surface area contributed by atoms with E-state index in [1.165, 1.54) is 24.3 Å². The van der Waals surface area contributed by atoms with Crippen LogP contribution in [-0.2, 0) is 6.54 Å². The maximum atomic E-state index is 13.8. The number of benzene rings is 2. The summed E-state index contributed by atoms with van der Waals surface area (Å²) in [6.07, 6.45) is 0. The van der Waals surface area contributed by atoms with Crippen LogP contribution in [0.1, 0.15) is 5.56 Å². The maximum absolute atomic E-state index is 13.8. The molecule has 2 aromatic rings. The Bertz CT molecular complexity index is 679. The average Bonchev–Trinajstić information content (AvgIpc) is 2.44. The lowest BCUT2D eigenvalue weighted by molar-refractivity contribution is -0.385. The Balaban J connectivity index is 2.41. The third-order valence-corrected chi connectivity index (χ3v) is 3.59. The van der Waals surface area contributed by atoms with E-state index in [0.29, 0.717) is 11.3 Å². The van der Waals surface area contributed by atoms with E-state index < -0.39 is 10.7 Å². The molecule has 2 aromatic carbocycles. The van der Waals surface area contributed by atoms with Crippen molar-refractivity contribution >= 4 is 21.6 Å². The van der Waals surface area contributed by atoms with Crippen molar-refractivity contribution in [2.45, 2.75) is 6.54 Å². The second kappa shape index (κ2) is 6.64. The van der Waals surface area contributed by atoms with E-state index in [1.807, 2.05) is 0 Å². The van der Waals surface area contributed by atoms with Crippen LogP contribution < -0.4 is 10.1 Å². The van der Waals surface area contributed by atoms with Crippen molar-refractivity contribution in [3.05, 3.63) is 62.4 Å². The topological polar surface area (TPSA) is 64.4 Å². The van der Waals surface area contributed by atoms with Gasteiger partial charge in [0.15, 0.2) is 0 Å². The first-order chi connectivity index (χ1) is 10.0. The predicted octanol–water partition coefficient (Wildman–Crippen LogP) is 4.01. The van der Waals surface area contributed by atoms with Gasteiger partial charge in [0.25, 0.3) is 5.69 Å². The summed E-state index contributed by atoms with van der Waals surface area (Å²) in [5, 5.41) is 13.8. The summed E-state index contributed by atoms with van der Waals surface area (Å²) in [7, 11) is 1.69. The molecular formula is C14H12BrFN2O3. The van der Waals surface area contributed by atoms with Crippen LogP contribution in [0, 0.1) is 15.9 Å². The van der Waals surface area contributed by atoms with E-state index in [1.54, 1.807) is 19.2 Å². The van der Waals surface area contributed by atoms with E-state index in [2.05, 4.69) is 21.2 Å². The highest BCUT2D eigenvalue weighted by Crippen LogP contribution is 2.37. The van der Waals surface area contributed by atoms with Crippen LogP contribution in [0.3, 0.4) is 0 Å². The molecule has 7 heteroatoms. The van der Waals surface area contributed by atoms with Crippen LogP contribution in [0.5, 0.6) is 11.5 Å². The smallest absolute Gasteiger partial charge is 0.287 e. The summed E-state index contributed by atoms with van der Waals surface area (Å²) in [4.78, 5) is 10.4. The van der Waals surface area contributed by atoms with Crippen LogP contribution in [-0.4, -0.2) is 12.0 Å². The molecule has 0 aliphatic rings. The molecule has 0 radical (unpaired) electrons. The molecule has 0 fully saturated rings. The van der Waals surface area contributed by atoms with Gasteiger partial charge in [-0.2, -0.15) is 0 Å². The molecule has 1 N–H and O–H groups in total. The van der Waals surface area contributed by atoms with Gasteiger partial charge in [-0.3, -0.25) is 10.1 Å². The first kappa shape index (κ1) is 15.4. The highest BCUT2D eigenvalue weighted by Gasteiger charge is 2.18. The van der Waals surface area contributed by atoms with Gasteiger partial charge in [0.05, 0.1) is 4.92 Å². The van der Waals surface area contributed by atoms with Crippen LogP contribution in [0.2, 0.25) is 0 Å². The molecule has 0 aliphatic heterocycles. The molecule has 21 heavy (non-hydrogen) atoms. The second-order valence-electron chi connectivity index (χ2n) is 4.20. The predicted molar refractivity (Wildman–Crippen MR) is 80.0 cm³/mol. The summed E-state index contributed by atoms with van der Waals surface area (Å²) in [6.45, 7) is 0.286.